The first kappa shape index (κ1) is 11.1. The first-order valence-electron chi connectivity index (χ1n) is 4.85. The zero-order chi connectivity index (χ0) is 10.6. The molecular weight excluding hydrogens is 194 g/mol. The predicted molar refractivity (Wildman–Crippen MR) is 63.6 cm³/mol. The SMILES string of the molecule is C/C=C(\C=C/c1[nH]cc(Cl)c1C)CC. The van der Waals surface area contributed by atoms with Gasteiger partial charge in [-0.2, -0.15) is 0 Å². The fraction of sp³-hybridized carbons (Fsp3) is 0.333. The van der Waals surface area contributed by atoms with Crippen LogP contribution in [0.1, 0.15) is 31.5 Å². The van der Waals surface area contributed by atoms with E-state index in [2.05, 4.69) is 37.1 Å². The number of hydrogen-bond acceptors (Lipinski definition) is 0. The average Bonchev–Trinajstić information content (AvgIpc) is 2.51. The van der Waals surface area contributed by atoms with Crippen LogP contribution in [0.3, 0.4) is 0 Å². The van der Waals surface area contributed by atoms with E-state index in [-0.39, 0.29) is 0 Å². The summed E-state index contributed by atoms with van der Waals surface area (Å²) >= 11 is 5.93. The van der Waals surface area contributed by atoms with Gasteiger partial charge in [-0.1, -0.05) is 36.2 Å². The van der Waals surface area contributed by atoms with Crippen LogP contribution in [0.2, 0.25) is 5.02 Å². The summed E-state index contributed by atoms with van der Waals surface area (Å²) in [4.78, 5) is 3.13. The zero-order valence-corrected chi connectivity index (χ0v) is 9.65. The summed E-state index contributed by atoms with van der Waals surface area (Å²) in [6.45, 7) is 6.21. The lowest BCUT2D eigenvalue weighted by Gasteiger charge is -1.95. The fourth-order valence-electron chi connectivity index (χ4n) is 1.27. The number of halogens is 1. The summed E-state index contributed by atoms with van der Waals surface area (Å²) < 4.78 is 0. The van der Waals surface area contributed by atoms with Crippen molar-refractivity contribution in [3.05, 3.63) is 40.2 Å². The van der Waals surface area contributed by atoms with Crippen LogP contribution in [0.4, 0.5) is 0 Å². The van der Waals surface area contributed by atoms with Crippen LogP contribution in [0.5, 0.6) is 0 Å². The van der Waals surface area contributed by atoms with Crippen molar-refractivity contribution in [1.29, 1.82) is 0 Å². The number of aromatic amines is 1. The van der Waals surface area contributed by atoms with Crippen LogP contribution >= 0.6 is 11.6 Å². The highest BCUT2D eigenvalue weighted by Gasteiger charge is 2.00. The van der Waals surface area contributed by atoms with Crippen molar-refractivity contribution in [2.75, 3.05) is 0 Å². The Balaban J connectivity index is 2.83. The minimum atomic E-state index is 0.795. The molecule has 14 heavy (non-hydrogen) atoms. The fourth-order valence-corrected chi connectivity index (χ4v) is 1.42. The Hall–Kier alpha value is -0.950. The van der Waals surface area contributed by atoms with Gasteiger partial charge in [0.2, 0.25) is 0 Å². The molecule has 0 bridgehead atoms. The van der Waals surface area contributed by atoms with Gasteiger partial charge >= 0.3 is 0 Å². The second kappa shape index (κ2) is 5.06. The molecule has 0 aliphatic heterocycles. The summed E-state index contributed by atoms with van der Waals surface area (Å²) in [5.74, 6) is 0. The van der Waals surface area contributed by atoms with E-state index in [1.54, 1.807) is 0 Å². The minimum absolute atomic E-state index is 0.795. The van der Waals surface area contributed by atoms with Crippen LogP contribution in [0, 0.1) is 6.92 Å². The number of rotatable bonds is 3. The maximum Gasteiger partial charge on any atom is 0.0615 e. The molecule has 1 heterocycles. The lowest BCUT2D eigenvalue weighted by molar-refractivity contribution is 1.14. The average molecular weight is 210 g/mol. The van der Waals surface area contributed by atoms with E-state index in [0.717, 1.165) is 22.7 Å². The largest absolute Gasteiger partial charge is 0.360 e. The maximum atomic E-state index is 5.93. The molecule has 1 aromatic rings. The van der Waals surface area contributed by atoms with Crippen molar-refractivity contribution < 1.29 is 0 Å². The topological polar surface area (TPSA) is 15.8 Å². The van der Waals surface area contributed by atoms with Crippen LogP contribution in [0.15, 0.2) is 23.9 Å². The van der Waals surface area contributed by atoms with E-state index in [0.29, 0.717) is 0 Å². The van der Waals surface area contributed by atoms with Crippen molar-refractivity contribution in [1.82, 2.24) is 4.98 Å². The van der Waals surface area contributed by atoms with Gasteiger partial charge in [0.1, 0.15) is 0 Å². The Labute approximate surface area is 90.5 Å². The molecule has 1 rings (SSSR count). The van der Waals surface area contributed by atoms with Crippen molar-refractivity contribution >= 4 is 17.7 Å². The molecule has 0 aliphatic carbocycles. The molecule has 0 unspecified atom stereocenters. The van der Waals surface area contributed by atoms with Gasteiger partial charge in [0.25, 0.3) is 0 Å². The molecule has 0 aliphatic rings. The van der Waals surface area contributed by atoms with E-state index in [1.165, 1.54) is 5.57 Å². The lowest BCUT2D eigenvalue weighted by atomic mass is 10.1. The van der Waals surface area contributed by atoms with Gasteiger partial charge in [-0.15, -0.1) is 0 Å². The first-order chi connectivity index (χ1) is 6.69. The maximum absolute atomic E-state index is 5.93. The highest BCUT2D eigenvalue weighted by atomic mass is 35.5. The van der Waals surface area contributed by atoms with E-state index < -0.39 is 0 Å². The summed E-state index contributed by atoms with van der Waals surface area (Å²) in [6.07, 6.45) is 9.18. The Morgan fingerprint density at radius 3 is 2.71 bits per heavy atom. The lowest BCUT2D eigenvalue weighted by Crippen LogP contribution is -1.77. The summed E-state index contributed by atoms with van der Waals surface area (Å²) in [7, 11) is 0. The molecule has 0 amide bonds. The second-order valence-electron chi connectivity index (χ2n) is 3.23. The van der Waals surface area contributed by atoms with Crippen LogP contribution in [0.25, 0.3) is 6.08 Å². The molecule has 1 aromatic heterocycles. The summed E-state index contributed by atoms with van der Waals surface area (Å²) in [6, 6.07) is 0. The zero-order valence-electron chi connectivity index (χ0n) is 8.89. The second-order valence-corrected chi connectivity index (χ2v) is 3.63. The highest BCUT2D eigenvalue weighted by molar-refractivity contribution is 6.31. The highest BCUT2D eigenvalue weighted by Crippen LogP contribution is 2.19. The molecule has 0 spiro atoms. The summed E-state index contributed by atoms with van der Waals surface area (Å²) in [5.41, 5.74) is 3.52. The molecule has 0 fully saturated rings. The number of aromatic nitrogens is 1. The van der Waals surface area contributed by atoms with Gasteiger partial charge in [-0.3, -0.25) is 0 Å². The van der Waals surface area contributed by atoms with Gasteiger partial charge in [0, 0.05) is 11.9 Å². The molecule has 1 N–H and O–H groups in total. The van der Waals surface area contributed by atoms with Crippen molar-refractivity contribution in [2.24, 2.45) is 0 Å². The standard InChI is InChI=1S/C12H16ClN/c1-4-10(5-2)6-7-12-9(3)11(13)8-14-12/h4,6-8,14H,5H2,1-3H3/b7-6-,10-4-. The van der Waals surface area contributed by atoms with Crippen LogP contribution < -0.4 is 0 Å². The Bertz CT molecular complexity index is 358. The normalized spacial score (nSPS) is 12.7. The van der Waals surface area contributed by atoms with Crippen LogP contribution in [-0.4, -0.2) is 4.98 Å². The van der Waals surface area contributed by atoms with Gasteiger partial charge in [0.15, 0.2) is 0 Å². The van der Waals surface area contributed by atoms with Crippen molar-refractivity contribution in [3.8, 4) is 0 Å². The number of nitrogens with one attached hydrogen (secondary N) is 1. The van der Waals surface area contributed by atoms with Crippen molar-refractivity contribution in [2.45, 2.75) is 27.2 Å². The number of H-pyrrole nitrogens is 1. The molecule has 0 atom stereocenters. The summed E-state index contributed by atoms with van der Waals surface area (Å²) in [5, 5.41) is 0.795. The molecule has 0 saturated carbocycles. The van der Waals surface area contributed by atoms with Gasteiger partial charge in [0.05, 0.1) is 5.02 Å². The number of hydrogen-bond donors (Lipinski definition) is 1. The molecule has 2 heteroatoms. The molecule has 0 radical (unpaired) electrons. The number of allylic oxidation sites excluding steroid dienone is 3. The molecule has 0 aromatic carbocycles. The van der Waals surface area contributed by atoms with Gasteiger partial charge in [-0.05, 0) is 31.9 Å². The van der Waals surface area contributed by atoms with Gasteiger partial charge < -0.3 is 4.98 Å². The van der Waals surface area contributed by atoms with E-state index in [1.807, 2.05) is 13.1 Å². The molecule has 0 saturated heterocycles. The Morgan fingerprint density at radius 2 is 2.29 bits per heavy atom. The third-order valence-electron chi connectivity index (χ3n) is 2.36. The monoisotopic (exact) mass is 209 g/mol. The van der Waals surface area contributed by atoms with E-state index >= 15 is 0 Å². The Morgan fingerprint density at radius 1 is 1.57 bits per heavy atom. The van der Waals surface area contributed by atoms with Crippen LogP contribution in [-0.2, 0) is 0 Å². The smallest absolute Gasteiger partial charge is 0.0615 e. The molecular formula is C12H16ClN. The minimum Gasteiger partial charge on any atom is -0.360 e. The molecule has 76 valence electrons. The third kappa shape index (κ3) is 2.52. The predicted octanol–water partition coefficient (Wildman–Crippen LogP) is 4.35. The Kier molecular flexibility index (Phi) is 4.02. The first-order valence-corrected chi connectivity index (χ1v) is 5.23. The quantitative estimate of drug-likeness (QED) is 0.713. The van der Waals surface area contributed by atoms with Crippen molar-refractivity contribution in [3.63, 3.8) is 0 Å². The van der Waals surface area contributed by atoms with Gasteiger partial charge in [-0.25, -0.2) is 0 Å². The van der Waals surface area contributed by atoms with E-state index in [4.69, 9.17) is 11.6 Å². The van der Waals surface area contributed by atoms with E-state index in [9.17, 15) is 0 Å². The molecule has 1 nitrogen and oxygen atoms in total. The third-order valence-corrected chi connectivity index (χ3v) is 2.75.